The fourth-order valence-corrected chi connectivity index (χ4v) is 2.75. The van der Waals surface area contributed by atoms with E-state index in [1.54, 1.807) is 6.07 Å². The van der Waals surface area contributed by atoms with E-state index in [2.05, 4.69) is 4.90 Å². The molecule has 8 heteroatoms. The first-order valence-corrected chi connectivity index (χ1v) is 6.98. The van der Waals surface area contributed by atoms with Gasteiger partial charge in [0, 0.05) is 32.2 Å². The quantitative estimate of drug-likeness (QED) is 0.681. The van der Waals surface area contributed by atoms with E-state index in [1.165, 1.54) is 6.07 Å². The van der Waals surface area contributed by atoms with Gasteiger partial charge in [0.15, 0.2) is 0 Å². The Morgan fingerprint density at radius 1 is 1.40 bits per heavy atom. The Morgan fingerprint density at radius 3 is 2.65 bits per heavy atom. The summed E-state index contributed by atoms with van der Waals surface area (Å²) in [5, 5.41) is 11.7. The van der Waals surface area contributed by atoms with Gasteiger partial charge in [-0.05, 0) is 13.1 Å². The fourth-order valence-electron chi connectivity index (χ4n) is 2.43. The number of piperazine rings is 1. The Balaban J connectivity index is 2.45. The number of nitrogens with two attached hydrogens (primary N) is 1. The molecule has 0 aromatic heterocycles. The predicted molar refractivity (Wildman–Crippen MR) is 80.8 cm³/mol. The summed E-state index contributed by atoms with van der Waals surface area (Å²) in [6, 6.07) is 2.87. The van der Waals surface area contributed by atoms with E-state index in [0.29, 0.717) is 23.8 Å². The third kappa shape index (κ3) is 2.98. The molecule has 0 aliphatic carbocycles. The molecular formula is C12H16Cl2N4O2. The van der Waals surface area contributed by atoms with Gasteiger partial charge in [0.1, 0.15) is 5.69 Å². The summed E-state index contributed by atoms with van der Waals surface area (Å²) in [7, 11) is 2.00. The topological polar surface area (TPSA) is 75.6 Å². The molecule has 0 amide bonds. The van der Waals surface area contributed by atoms with Crippen LogP contribution in [0.2, 0.25) is 10.0 Å². The highest BCUT2D eigenvalue weighted by atomic mass is 35.5. The average Bonchev–Trinajstić information content (AvgIpc) is 2.41. The van der Waals surface area contributed by atoms with Gasteiger partial charge in [0.2, 0.25) is 0 Å². The molecule has 1 aromatic rings. The van der Waals surface area contributed by atoms with Gasteiger partial charge in [-0.2, -0.15) is 0 Å². The van der Waals surface area contributed by atoms with E-state index < -0.39 is 4.92 Å². The lowest BCUT2D eigenvalue weighted by Crippen LogP contribution is -2.55. The summed E-state index contributed by atoms with van der Waals surface area (Å²) >= 11 is 11.9. The van der Waals surface area contributed by atoms with Crippen molar-refractivity contribution in [1.82, 2.24) is 4.90 Å². The normalized spacial score (nSPS) is 20.2. The van der Waals surface area contributed by atoms with Crippen molar-refractivity contribution in [3.05, 3.63) is 32.3 Å². The molecule has 0 saturated carbocycles. The third-order valence-electron chi connectivity index (χ3n) is 3.48. The second kappa shape index (κ2) is 6.13. The van der Waals surface area contributed by atoms with Crippen molar-refractivity contribution in [2.45, 2.75) is 6.04 Å². The highest BCUT2D eigenvalue weighted by molar-refractivity contribution is 6.42. The minimum absolute atomic E-state index is 0.0182. The van der Waals surface area contributed by atoms with Crippen LogP contribution in [0.1, 0.15) is 0 Å². The van der Waals surface area contributed by atoms with Crippen molar-refractivity contribution in [3.63, 3.8) is 0 Å². The lowest BCUT2D eigenvalue weighted by molar-refractivity contribution is -0.384. The van der Waals surface area contributed by atoms with E-state index in [-0.39, 0.29) is 16.8 Å². The number of likely N-dealkylation sites (N-methyl/N-ethyl adjacent to an activating group) is 1. The molecule has 6 nitrogen and oxygen atoms in total. The largest absolute Gasteiger partial charge is 0.359 e. The summed E-state index contributed by atoms with van der Waals surface area (Å²) in [5.41, 5.74) is 6.23. The molecule has 1 atom stereocenters. The van der Waals surface area contributed by atoms with Crippen LogP contribution < -0.4 is 10.6 Å². The highest BCUT2D eigenvalue weighted by Gasteiger charge is 2.30. The van der Waals surface area contributed by atoms with Crippen LogP contribution in [0.3, 0.4) is 0 Å². The van der Waals surface area contributed by atoms with Crippen molar-refractivity contribution < 1.29 is 4.92 Å². The molecule has 2 rings (SSSR count). The minimum atomic E-state index is -0.441. The monoisotopic (exact) mass is 318 g/mol. The molecule has 1 unspecified atom stereocenters. The van der Waals surface area contributed by atoms with Crippen molar-refractivity contribution in [2.24, 2.45) is 5.73 Å². The van der Waals surface area contributed by atoms with Gasteiger partial charge in [0.25, 0.3) is 5.69 Å². The SMILES string of the molecule is CN1CCN(c2cc(Cl)c(Cl)cc2[N+](=O)[O-])C(CN)C1. The Hall–Kier alpha value is -1.08. The number of halogens is 2. The summed E-state index contributed by atoms with van der Waals surface area (Å²) in [4.78, 5) is 14.9. The standard InChI is InChI=1S/C12H16Cl2N4O2/c1-16-2-3-17(8(6-15)7-16)11-4-9(13)10(14)5-12(11)18(19)20/h4-5,8H,2-3,6-7,15H2,1H3. The van der Waals surface area contributed by atoms with E-state index in [9.17, 15) is 10.1 Å². The van der Waals surface area contributed by atoms with Crippen LogP contribution in [0, 0.1) is 10.1 Å². The van der Waals surface area contributed by atoms with Crippen molar-refractivity contribution >= 4 is 34.6 Å². The zero-order valence-electron chi connectivity index (χ0n) is 11.1. The van der Waals surface area contributed by atoms with Crippen LogP contribution in [-0.4, -0.2) is 49.1 Å². The number of hydrogen-bond donors (Lipinski definition) is 1. The summed E-state index contributed by atoms with van der Waals surface area (Å²) in [6.45, 7) is 2.65. The van der Waals surface area contributed by atoms with Crippen LogP contribution in [0.4, 0.5) is 11.4 Å². The number of benzene rings is 1. The molecule has 1 fully saturated rings. The minimum Gasteiger partial charge on any atom is -0.359 e. The average molecular weight is 319 g/mol. The van der Waals surface area contributed by atoms with E-state index >= 15 is 0 Å². The van der Waals surface area contributed by atoms with Crippen LogP contribution in [0.15, 0.2) is 12.1 Å². The first kappa shape index (κ1) is 15.3. The van der Waals surface area contributed by atoms with Crippen LogP contribution in [0.5, 0.6) is 0 Å². The van der Waals surface area contributed by atoms with Gasteiger partial charge in [-0.1, -0.05) is 23.2 Å². The van der Waals surface area contributed by atoms with Crippen LogP contribution >= 0.6 is 23.2 Å². The van der Waals surface area contributed by atoms with Crippen molar-refractivity contribution in [1.29, 1.82) is 0 Å². The maximum atomic E-state index is 11.2. The molecular weight excluding hydrogens is 303 g/mol. The molecule has 1 aromatic carbocycles. The number of nitro benzene ring substituents is 1. The first-order valence-electron chi connectivity index (χ1n) is 6.22. The molecule has 0 spiro atoms. The smallest absolute Gasteiger partial charge is 0.294 e. The van der Waals surface area contributed by atoms with Gasteiger partial charge in [0.05, 0.1) is 21.0 Å². The Morgan fingerprint density at radius 2 is 2.05 bits per heavy atom. The number of nitrogens with zero attached hydrogens (tertiary/aromatic N) is 3. The second-order valence-electron chi connectivity index (χ2n) is 4.86. The second-order valence-corrected chi connectivity index (χ2v) is 5.67. The first-order chi connectivity index (χ1) is 9.43. The molecule has 110 valence electrons. The van der Waals surface area contributed by atoms with Gasteiger partial charge >= 0.3 is 0 Å². The Labute approximate surface area is 127 Å². The highest BCUT2D eigenvalue weighted by Crippen LogP contribution is 2.37. The number of rotatable bonds is 3. The molecule has 1 aliphatic heterocycles. The number of hydrogen-bond acceptors (Lipinski definition) is 5. The van der Waals surface area contributed by atoms with E-state index in [4.69, 9.17) is 28.9 Å². The van der Waals surface area contributed by atoms with Gasteiger partial charge in [-0.15, -0.1) is 0 Å². The van der Waals surface area contributed by atoms with Gasteiger partial charge in [-0.3, -0.25) is 10.1 Å². The lowest BCUT2D eigenvalue weighted by Gasteiger charge is -2.40. The van der Waals surface area contributed by atoms with Crippen molar-refractivity contribution in [2.75, 3.05) is 38.1 Å². The van der Waals surface area contributed by atoms with E-state index in [1.807, 2.05) is 11.9 Å². The van der Waals surface area contributed by atoms with Crippen LogP contribution in [-0.2, 0) is 0 Å². The maximum absolute atomic E-state index is 11.2. The molecule has 1 heterocycles. The maximum Gasteiger partial charge on any atom is 0.294 e. The zero-order chi connectivity index (χ0) is 14.9. The number of nitro groups is 1. The van der Waals surface area contributed by atoms with E-state index in [0.717, 1.165) is 13.1 Å². The zero-order valence-corrected chi connectivity index (χ0v) is 12.6. The number of anilines is 1. The predicted octanol–water partition coefficient (Wildman–Crippen LogP) is 1.98. The van der Waals surface area contributed by atoms with Crippen LogP contribution in [0.25, 0.3) is 0 Å². The molecule has 0 bridgehead atoms. The third-order valence-corrected chi connectivity index (χ3v) is 4.20. The summed E-state index contributed by atoms with van der Waals surface area (Å²) < 4.78 is 0. The fraction of sp³-hybridized carbons (Fsp3) is 0.500. The molecule has 20 heavy (non-hydrogen) atoms. The molecule has 0 radical (unpaired) electrons. The lowest BCUT2D eigenvalue weighted by atomic mass is 10.1. The Bertz CT molecular complexity index is 526. The summed E-state index contributed by atoms with van der Waals surface area (Å²) in [5.74, 6) is 0. The molecule has 1 saturated heterocycles. The Kier molecular flexibility index (Phi) is 4.70. The van der Waals surface area contributed by atoms with Crippen molar-refractivity contribution in [3.8, 4) is 0 Å². The molecule has 2 N–H and O–H groups in total. The molecule has 1 aliphatic rings. The van der Waals surface area contributed by atoms with Gasteiger partial charge < -0.3 is 15.5 Å². The van der Waals surface area contributed by atoms with Gasteiger partial charge in [-0.25, -0.2) is 0 Å². The summed E-state index contributed by atoms with van der Waals surface area (Å²) in [6.07, 6.45) is 0.